The molecule has 5 rings (SSSR count). The fraction of sp³-hybridized carbons (Fsp3) is 0.391. The maximum absolute atomic E-state index is 12.9. The van der Waals surface area contributed by atoms with Gasteiger partial charge in [0.1, 0.15) is 0 Å². The van der Waals surface area contributed by atoms with Crippen molar-refractivity contribution in [1.29, 1.82) is 0 Å². The highest BCUT2D eigenvalue weighted by molar-refractivity contribution is 5.81. The zero-order valence-corrected chi connectivity index (χ0v) is 16.9. The van der Waals surface area contributed by atoms with Crippen LogP contribution in [0.5, 0.6) is 11.5 Å². The van der Waals surface area contributed by atoms with Gasteiger partial charge < -0.3 is 9.47 Å². The minimum absolute atomic E-state index is 0.0194. The number of piperazine rings is 1. The normalized spacial score (nSPS) is 21.3. The predicted octanol–water partition coefficient (Wildman–Crippen LogP) is 2.49. The first kappa shape index (κ1) is 19.1. The number of fused-ring (bicyclic) bond motifs is 1. The molecule has 156 valence electrons. The van der Waals surface area contributed by atoms with Crippen LogP contribution < -0.4 is 9.47 Å². The van der Waals surface area contributed by atoms with E-state index in [2.05, 4.69) is 39.2 Å². The zero-order chi connectivity index (χ0) is 20.3. The fourth-order valence-electron chi connectivity index (χ4n) is 4.27. The SMILES string of the molecule is O=C(CN1CCN(Cc2ccc3c(c2)OCO3)CC1)N1N=CC[C@@H]1c1ccccc1. The number of carbonyl (C=O) groups is 1. The lowest BCUT2D eigenvalue weighted by Crippen LogP contribution is -2.49. The summed E-state index contributed by atoms with van der Waals surface area (Å²) >= 11 is 0. The molecule has 1 saturated heterocycles. The van der Waals surface area contributed by atoms with Gasteiger partial charge in [-0.25, -0.2) is 5.01 Å². The average Bonchev–Trinajstić information content (AvgIpc) is 3.45. The van der Waals surface area contributed by atoms with Crippen LogP contribution in [0.4, 0.5) is 0 Å². The lowest BCUT2D eigenvalue weighted by Gasteiger charge is -2.35. The molecule has 0 bridgehead atoms. The van der Waals surface area contributed by atoms with Gasteiger partial charge in [0, 0.05) is 45.4 Å². The van der Waals surface area contributed by atoms with E-state index in [1.807, 2.05) is 30.5 Å². The van der Waals surface area contributed by atoms with E-state index in [0.29, 0.717) is 13.3 Å². The maximum atomic E-state index is 12.9. The largest absolute Gasteiger partial charge is 0.454 e. The van der Waals surface area contributed by atoms with Gasteiger partial charge in [-0.05, 0) is 23.3 Å². The van der Waals surface area contributed by atoms with Crippen LogP contribution in [0, 0.1) is 0 Å². The second-order valence-corrected chi connectivity index (χ2v) is 7.94. The monoisotopic (exact) mass is 406 g/mol. The summed E-state index contributed by atoms with van der Waals surface area (Å²) in [6.07, 6.45) is 2.62. The average molecular weight is 406 g/mol. The van der Waals surface area contributed by atoms with Crippen molar-refractivity contribution in [3.63, 3.8) is 0 Å². The zero-order valence-electron chi connectivity index (χ0n) is 16.9. The molecule has 1 fully saturated rings. The number of hydrogen-bond donors (Lipinski definition) is 0. The number of ether oxygens (including phenoxy) is 2. The summed E-state index contributed by atoms with van der Waals surface area (Å²) in [4.78, 5) is 17.6. The first-order chi connectivity index (χ1) is 14.8. The van der Waals surface area contributed by atoms with Crippen LogP contribution >= 0.6 is 0 Å². The second-order valence-electron chi connectivity index (χ2n) is 7.94. The van der Waals surface area contributed by atoms with Gasteiger partial charge in [-0.1, -0.05) is 36.4 Å². The van der Waals surface area contributed by atoms with E-state index < -0.39 is 0 Å². The van der Waals surface area contributed by atoms with Crippen LogP contribution in [0.3, 0.4) is 0 Å². The van der Waals surface area contributed by atoms with Crippen LogP contribution in [0.1, 0.15) is 23.6 Å². The molecule has 0 saturated carbocycles. The molecule has 0 spiro atoms. The Morgan fingerprint density at radius 1 is 0.967 bits per heavy atom. The molecule has 30 heavy (non-hydrogen) atoms. The minimum Gasteiger partial charge on any atom is -0.454 e. The van der Waals surface area contributed by atoms with Crippen molar-refractivity contribution in [2.75, 3.05) is 39.5 Å². The van der Waals surface area contributed by atoms with Crippen molar-refractivity contribution in [2.24, 2.45) is 5.10 Å². The Labute approximate surface area is 176 Å². The van der Waals surface area contributed by atoms with Crippen LogP contribution in [0.2, 0.25) is 0 Å². The van der Waals surface area contributed by atoms with Gasteiger partial charge >= 0.3 is 0 Å². The van der Waals surface area contributed by atoms with Crippen molar-refractivity contribution in [1.82, 2.24) is 14.8 Å². The van der Waals surface area contributed by atoms with E-state index in [4.69, 9.17) is 9.47 Å². The van der Waals surface area contributed by atoms with Crippen LogP contribution in [-0.2, 0) is 11.3 Å². The molecule has 3 aliphatic rings. The van der Waals surface area contributed by atoms with Crippen molar-refractivity contribution in [3.8, 4) is 11.5 Å². The third-order valence-electron chi connectivity index (χ3n) is 5.94. The lowest BCUT2D eigenvalue weighted by molar-refractivity contribution is -0.134. The summed E-state index contributed by atoms with van der Waals surface area (Å²) in [5.74, 6) is 1.72. The van der Waals surface area contributed by atoms with E-state index in [9.17, 15) is 4.79 Å². The molecule has 0 unspecified atom stereocenters. The van der Waals surface area contributed by atoms with Gasteiger partial charge in [-0.15, -0.1) is 0 Å². The summed E-state index contributed by atoms with van der Waals surface area (Å²) in [7, 11) is 0. The number of benzene rings is 2. The number of rotatable bonds is 5. The Bertz CT molecular complexity index is 925. The van der Waals surface area contributed by atoms with Crippen molar-refractivity contribution in [2.45, 2.75) is 19.0 Å². The van der Waals surface area contributed by atoms with Crippen molar-refractivity contribution >= 4 is 12.1 Å². The second kappa shape index (κ2) is 8.45. The van der Waals surface area contributed by atoms with Crippen molar-refractivity contribution in [3.05, 3.63) is 59.7 Å². The number of amides is 1. The molecule has 1 amide bonds. The fourth-order valence-corrected chi connectivity index (χ4v) is 4.27. The molecule has 7 nitrogen and oxygen atoms in total. The molecule has 7 heteroatoms. The van der Waals surface area contributed by atoms with Crippen LogP contribution in [0.25, 0.3) is 0 Å². The molecule has 0 N–H and O–H groups in total. The molecule has 0 aromatic heterocycles. The minimum atomic E-state index is 0.0194. The standard InChI is InChI=1S/C23H26N4O3/c28-23(27-20(8-9-24-27)19-4-2-1-3-5-19)16-26-12-10-25(11-13-26)15-18-6-7-21-22(14-18)30-17-29-21/h1-7,9,14,20H,8,10-13,15-17H2/t20-/m1/s1. The molecule has 0 aliphatic carbocycles. The summed E-state index contributed by atoms with van der Waals surface area (Å²) < 4.78 is 10.9. The molecule has 3 heterocycles. The Morgan fingerprint density at radius 2 is 1.73 bits per heavy atom. The molecular formula is C23H26N4O3. The van der Waals surface area contributed by atoms with Gasteiger partial charge in [-0.3, -0.25) is 14.6 Å². The third-order valence-corrected chi connectivity index (χ3v) is 5.94. The van der Waals surface area contributed by atoms with E-state index in [0.717, 1.165) is 56.2 Å². The highest BCUT2D eigenvalue weighted by Crippen LogP contribution is 2.33. The van der Waals surface area contributed by atoms with E-state index >= 15 is 0 Å². The van der Waals surface area contributed by atoms with Gasteiger partial charge in [0.15, 0.2) is 11.5 Å². The molecule has 2 aromatic rings. The topological polar surface area (TPSA) is 57.6 Å². The van der Waals surface area contributed by atoms with Crippen LogP contribution in [0.15, 0.2) is 53.6 Å². The van der Waals surface area contributed by atoms with Gasteiger partial charge in [0.05, 0.1) is 12.6 Å². The smallest absolute Gasteiger partial charge is 0.257 e. The third kappa shape index (κ3) is 4.04. The van der Waals surface area contributed by atoms with Gasteiger partial charge in [0.2, 0.25) is 6.79 Å². The summed E-state index contributed by atoms with van der Waals surface area (Å²) in [5, 5.41) is 6.02. The first-order valence-corrected chi connectivity index (χ1v) is 10.5. The number of hydrogen-bond acceptors (Lipinski definition) is 6. The Balaban J connectivity index is 1.13. The highest BCUT2D eigenvalue weighted by atomic mass is 16.7. The Hall–Kier alpha value is -2.90. The van der Waals surface area contributed by atoms with E-state index in [1.165, 1.54) is 5.56 Å². The number of hydrazone groups is 1. The number of carbonyl (C=O) groups excluding carboxylic acids is 1. The molecular weight excluding hydrogens is 380 g/mol. The number of nitrogens with zero attached hydrogens (tertiary/aromatic N) is 4. The summed E-state index contributed by atoms with van der Waals surface area (Å²) in [5.41, 5.74) is 2.36. The highest BCUT2D eigenvalue weighted by Gasteiger charge is 2.30. The first-order valence-electron chi connectivity index (χ1n) is 10.5. The van der Waals surface area contributed by atoms with Gasteiger partial charge in [-0.2, -0.15) is 5.10 Å². The van der Waals surface area contributed by atoms with Gasteiger partial charge in [0.25, 0.3) is 5.91 Å². The predicted molar refractivity (Wildman–Crippen MR) is 113 cm³/mol. The summed E-state index contributed by atoms with van der Waals surface area (Å²) in [6, 6.07) is 16.3. The quantitative estimate of drug-likeness (QED) is 0.764. The maximum Gasteiger partial charge on any atom is 0.257 e. The lowest BCUT2D eigenvalue weighted by atomic mass is 10.0. The molecule has 3 aliphatic heterocycles. The van der Waals surface area contributed by atoms with E-state index in [1.54, 1.807) is 5.01 Å². The van der Waals surface area contributed by atoms with Crippen molar-refractivity contribution < 1.29 is 14.3 Å². The molecule has 1 atom stereocenters. The molecule has 0 radical (unpaired) electrons. The summed E-state index contributed by atoms with van der Waals surface area (Å²) in [6.45, 7) is 5.23. The Morgan fingerprint density at radius 3 is 2.57 bits per heavy atom. The van der Waals surface area contributed by atoms with Crippen LogP contribution in [-0.4, -0.2) is 66.4 Å². The molecule has 2 aromatic carbocycles. The Kier molecular flexibility index (Phi) is 5.38. The van der Waals surface area contributed by atoms with E-state index in [-0.39, 0.29) is 11.9 Å².